The number of carbonyl (C=O) groups excluding carboxylic acids is 1. The number of allylic oxidation sites excluding steroid dienone is 2. The Labute approximate surface area is 403 Å². The minimum absolute atomic E-state index is 0.0719. The number of phosphoric acid groups is 1. The van der Waals surface area contributed by atoms with Crippen molar-refractivity contribution in [3.05, 3.63) is 12.2 Å². The monoisotopic (exact) mass is 963 g/mol. The van der Waals surface area contributed by atoms with Crippen LogP contribution in [-0.4, -0.2) is 98.9 Å². The smallest absolute Gasteiger partial charge is 0.457 e. The van der Waals surface area contributed by atoms with E-state index in [4.69, 9.17) is 18.5 Å². The van der Waals surface area contributed by atoms with Crippen molar-refractivity contribution in [2.45, 2.75) is 301 Å². The molecule has 0 aromatic rings. The number of aliphatic hydroxyl groups is 5. The summed E-state index contributed by atoms with van der Waals surface area (Å²) < 4.78 is 34.4. The van der Waals surface area contributed by atoms with Gasteiger partial charge < -0.3 is 39.9 Å². The van der Waals surface area contributed by atoms with E-state index in [0.717, 1.165) is 44.9 Å². The van der Waals surface area contributed by atoms with Crippen molar-refractivity contribution >= 4 is 13.8 Å². The third-order valence-electron chi connectivity index (χ3n) is 13.1. The van der Waals surface area contributed by atoms with Crippen LogP contribution in [0.4, 0.5) is 0 Å². The highest BCUT2D eigenvalue weighted by atomic mass is 31.2. The van der Waals surface area contributed by atoms with E-state index in [9.17, 15) is 39.8 Å². The molecule has 0 bridgehead atoms. The molecule has 12 nitrogen and oxygen atoms in total. The Kier molecular flexibility index (Phi) is 42.1. The largest absolute Gasteiger partial charge is 0.472 e. The van der Waals surface area contributed by atoms with Crippen LogP contribution in [0, 0.1) is 0 Å². The topological polar surface area (TPSA) is 192 Å². The summed E-state index contributed by atoms with van der Waals surface area (Å²) in [4.78, 5) is 23.3. The molecule has 1 aliphatic rings. The van der Waals surface area contributed by atoms with Gasteiger partial charge in [-0.25, -0.2) is 4.57 Å². The zero-order valence-corrected chi connectivity index (χ0v) is 43.2. The lowest BCUT2D eigenvalue weighted by Crippen LogP contribution is -2.64. The molecule has 1 aliphatic carbocycles. The fourth-order valence-corrected chi connectivity index (χ4v) is 9.74. The second kappa shape index (κ2) is 44.1. The van der Waals surface area contributed by atoms with Crippen LogP contribution in [0.2, 0.25) is 0 Å². The predicted octanol–water partition coefficient (Wildman–Crippen LogP) is 12.7. The minimum Gasteiger partial charge on any atom is -0.457 e. The third-order valence-corrected chi connectivity index (χ3v) is 14.1. The summed E-state index contributed by atoms with van der Waals surface area (Å²) in [6, 6.07) is 0. The molecule has 0 amide bonds. The molecule has 6 atom stereocenters. The van der Waals surface area contributed by atoms with Gasteiger partial charge in [-0.1, -0.05) is 225 Å². The van der Waals surface area contributed by atoms with Gasteiger partial charge in [0.25, 0.3) is 0 Å². The fourth-order valence-electron chi connectivity index (χ4n) is 8.77. The van der Waals surface area contributed by atoms with Gasteiger partial charge in [0.15, 0.2) is 0 Å². The molecule has 6 N–H and O–H groups in total. The van der Waals surface area contributed by atoms with E-state index in [0.29, 0.717) is 13.0 Å². The zero-order chi connectivity index (χ0) is 48.4. The molecule has 0 saturated heterocycles. The van der Waals surface area contributed by atoms with Gasteiger partial charge in [-0.2, -0.15) is 0 Å². The van der Waals surface area contributed by atoms with E-state index in [1.807, 2.05) is 0 Å². The maximum Gasteiger partial charge on any atom is 0.472 e. The quantitative estimate of drug-likeness (QED) is 0.0147. The third kappa shape index (κ3) is 35.2. The van der Waals surface area contributed by atoms with Crippen LogP contribution in [0.5, 0.6) is 0 Å². The number of unbranched alkanes of at least 4 members (excludes halogenated alkanes) is 34. The fraction of sp³-hybridized carbons (Fsp3) is 0.943. The maximum absolute atomic E-state index is 12.9. The lowest BCUT2D eigenvalue weighted by molar-refractivity contribution is -0.220. The maximum atomic E-state index is 12.9. The summed E-state index contributed by atoms with van der Waals surface area (Å²) in [5.74, 6) is -0.476. The van der Waals surface area contributed by atoms with Crippen LogP contribution >= 0.6 is 7.82 Å². The molecule has 0 radical (unpaired) electrons. The number of ether oxygens (including phenoxy) is 2. The van der Waals surface area contributed by atoms with E-state index < -0.39 is 63.1 Å². The second-order valence-electron chi connectivity index (χ2n) is 19.4. The molecule has 6 unspecified atom stereocenters. The number of hydrogen-bond donors (Lipinski definition) is 6. The molecule has 0 spiro atoms. The highest BCUT2D eigenvalue weighted by Crippen LogP contribution is 2.47. The Balaban J connectivity index is 2.29. The van der Waals surface area contributed by atoms with E-state index in [-0.39, 0.29) is 13.0 Å². The van der Waals surface area contributed by atoms with Gasteiger partial charge >= 0.3 is 13.8 Å². The van der Waals surface area contributed by atoms with Gasteiger partial charge in [-0.15, -0.1) is 0 Å². The van der Waals surface area contributed by atoms with Crippen molar-refractivity contribution in [3.63, 3.8) is 0 Å². The summed E-state index contributed by atoms with van der Waals surface area (Å²) in [6.45, 7) is 4.31. The van der Waals surface area contributed by atoms with E-state index >= 15 is 0 Å². The lowest BCUT2D eigenvalue weighted by Gasteiger charge is -2.41. The summed E-state index contributed by atoms with van der Waals surface area (Å²) >= 11 is 0. The number of rotatable bonds is 48. The van der Waals surface area contributed by atoms with E-state index in [1.54, 1.807) is 0 Å². The van der Waals surface area contributed by atoms with Crippen LogP contribution in [0.1, 0.15) is 258 Å². The van der Waals surface area contributed by atoms with Crippen LogP contribution in [0.15, 0.2) is 12.2 Å². The second-order valence-corrected chi connectivity index (χ2v) is 20.8. The van der Waals surface area contributed by atoms with Crippen molar-refractivity contribution in [3.8, 4) is 0 Å². The molecule has 0 aliphatic heterocycles. The predicted molar refractivity (Wildman–Crippen MR) is 267 cm³/mol. The summed E-state index contributed by atoms with van der Waals surface area (Å²) in [5, 5.41) is 50.3. The number of esters is 1. The van der Waals surface area contributed by atoms with Crippen molar-refractivity contribution in [1.82, 2.24) is 0 Å². The molecule has 0 aromatic carbocycles. The van der Waals surface area contributed by atoms with Gasteiger partial charge in [-0.3, -0.25) is 13.8 Å². The van der Waals surface area contributed by atoms with Gasteiger partial charge in [-0.05, 0) is 38.5 Å². The summed E-state index contributed by atoms with van der Waals surface area (Å²) in [5.41, 5.74) is 0. The normalized spacial score (nSPS) is 21.4. The molecule has 66 heavy (non-hydrogen) atoms. The molecular formula is C53H103O12P. The van der Waals surface area contributed by atoms with Crippen molar-refractivity contribution in [2.24, 2.45) is 0 Å². The molecule has 0 heterocycles. The van der Waals surface area contributed by atoms with Gasteiger partial charge in [0.05, 0.1) is 13.2 Å². The molecule has 1 fully saturated rings. The molecular weight excluding hydrogens is 860 g/mol. The van der Waals surface area contributed by atoms with E-state index in [2.05, 4.69) is 26.0 Å². The lowest BCUT2D eigenvalue weighted by atomic mass is 9.85. The SMILES string of the molecule is CCCCCCCC/C=C\CCCCCCCCCC(=O)OC(COCCCCCCCCCCCCCCCCCCCCCCCC)COP(=O)(O)OC1C(O)C(O)C(O)C(O)C1O. The molecule has 1 saturated carbocycles. The Morgan fingerprint density at radius 3 is 1.20 bits per heavy atom. The first-order valence-electron chi connectivity index (χ1n) is 27.5. The van der Waals surface area contributed by atoms with Crippen molar-refractivity contribution in [2.75, 3.05) is 19.8 Å². The van der Waals surface area contributed by atoms with Gasteiger partial charge in [0.2, 0.25) is 0 Å². The average molecular weight is 963 g/mol. The Bertz CT molecular complexity index is 1140. The number of hydrogen-bond acceptors (Lipinski definition) is 11. The number of aliphatic hydroxyl groups excluding tert-OH is 5. The van der Waals surface area contributed by atoms with Gasteiger partial charge in [0.1, 0.15) is 42.7 Å². The molecule has 1 rings (SSSR count). The standard InChI is InChI=1S/C53H103O12P/c1-3-5-7-9-11-13-15-17-19-21-22-23-24-25-27-29-31-33-35-37-39-41-43-62-44-46(45-63-66(60,61)65-53-51(58)49(56)48(55)50(57)52(53)59)64-47(54)42-40-38-36-34-32-30-28-26-20-18-16-14-12-10-8-6-4-2/h18,20,46,48-53,55-59H,3-17,19,21-45H2,1-2H3,(H,60,61)/b20-18-. The van der Waals surface area contributed by atoms with Crippen LogP contribution < -0.4 is 0 Å². The molecule has 0 aromatic heterocycles. The first kappa shape index (κ1) is 63.1. The van der Waals surface area contributed by atoms with E-state index in [1.165, 1.54) is 186 Å². The Hall–Kier alpha value is -0.920. The van der Waals surface area contributed by atoms with Crippen LogP contribution in [-0.2, 0) is 27.9 Å². The van der Waals surface area contributed by atoms with Crippen LogP contribution in [0.25, 0.3) is 0 Å². The molecule has 13 heteroatoms. The van der Waals surface area contributed by atoms with Crippen molar-refractivity contribution in [1.29, 1.82) is 0 Å². The number of carbonyl (C=O) groups is 1. The summed E-state index contributed by atoms with van der Waals surface area (Å²) in [7, 11) is -5.02. The number of phosphoric ester groups is 1. The van der Waals surface area contributed by atoms with Gasteiger partial charge in [0, 0.05) is 13.0 Å². The highest BCUT2D eigenvalue weighted by molar-refractivity contribution is 7.47. The molecule has 392 valence electrons. The zero-order valence-electron chi connectivity index (χ0n) is 42.3. The minimum atomic E-state index is -5.02. The van der Waals surface area contributed by atoms with Crippen LogP contribution in [0.3, 0.4) is 0 Å². The highest BCUT2D eigenvalue weighted by Gasteiger charge is 2.51. The Morgan fingerprint density at radius 1 is 0.470 bits per heavy atom. The average Bonchev–Trinajstić information content (AvgIpc) is 3.30. The first-order valence-corrected chi connectivity index (χ1v) is 29.0. The summed E-state index contributed by atoms with van der Waals surface area (Å²) in [6.07, 6.45) is 38.5. The van der Waals surface area contributed by atoms with Crippen molar-refractivity contribution < 1.29 is 58.3 Å². The Morgan fingerprint density at radius 2 is 0.803 bits per heavy atom. The first-order chi connectivity index (χ1) is 32.0.